The van der Waals surface area contributed by atoms with Crippen molar-refractivity contribution in [1.82, 2.24) is 19.3 Å². The molecule has 2 aromatic heterocycles. The summed E-state index contributed by atoms with van der Waals surface area (Å²) in [6.07, 6.45) is 3.71. The summed E-state index contributed by atoms with van der Waals surface area (Å²) in [5, 5.41) is 4.99. The first-order valence-electron chi connectivity index (χ1n) is 6.61. The molecule has 108 valence electrons. The Labute approximate surface area is 128 Å². The molecule has 21 heavy (non-hydrogen) atoms. The van der Waals surface area contributed by atoms with Crippen LogP contribution in [0.25, 0.3) is 11.4 Å². The van der Waals surface area contributed by atoms with Crippen LogP contribution in [0.4, 0.5) is 5.69 Å². The molecule has 3 aromatic rings. The van der Waals surface area contributed by atoms with E-state index in [1.807, 2.05) is 49.0 Å². The maximum absolute atomic E-state index is 6.30. The van der Waals surface area contributed by atoms with Crippen molar-refractivity contribution < 1.29 is 0 Å². The van der Waals surface area contributed by atoms with Crippen LogP contribution < -0.4 is 5.73 Å². The average molecular weight is 302 g/mol. The Balaban J connectivity index is 2.00. The number of nitrogens with two attached hydrogens (primary N) is 1. The lowest BCUT2D eigenvalue weighted by atomic mass is 10.2. The predicted octanol–water partition coefficient (Wildman–Crippen LogP) is 2.88. The molecule has 6 heteroatoms. The van der Waals surface area contributed by atoms with Gasteiger partial charge in [-0.1, -0.05) is 23.7 Å². The fraction of sp³-hybridized carbons (Fsp3) is 0.200. The molecule has 1 aromatic carbocycles. The SMILES string of the molecule is Cc1nn(C)c(Cl)c1Cn1ccnc1-c1cccc(N)c1. The molecule has 0 aliphatic carbocycles. The molecule has 3 rings (SSSR count). The maximum atomic E-state index is 6.30. The molecule has 0 saturated carbocycles. The van der Waals surface area contributed by atoms with Gasteiger partial charge in [0.05, 0.1) is 12.2 Å². The minimum atomic E-state index is 0.628. The molecule has 0 radical (unpaired) electrons. The molecule has 0 fully saturated rings. The molecule has 0 amide bonds. The van der Waals surface area contributed by atoms with E-state index >= 15 is 0 Å². The second kappa shape index (κ2) is 5.26. The lowest BCUT2D eigenvalue weighted by Gasteiger charge is -2.08. The number of nitrogens with zero attached hydrogens (tertiary/aromatic N) is 4. The normalized spacial score (nSPS) is 11.0. The van der Waals surface area contributed by atoms with Crippen molar-refractivity contribution in [2.75, 3.05) is 5.73 Å². The Morgan fingerprint density at radius 1 is 1.33 bits per heavy atom. The third-order valence-corrected chi connectivity index (χ3v) is 3.93. The van der Waals surface area contributed by atoms with E-state index in [-0.39, 0.29) is 0 Å². The number of rotatable bonds is 3. The Kier molecular flexibility index (Phi) is 3.43. The monoisotopic (exact) mass is 301 g/mol. The first-order valence-corrected chi connectivity index (χ1v) is 6.99. The van der Waals surface area contributed by atoms with Gasteiger partial charge in [-0.05, 0) is 19.1 Å². The summed E-state index contributed by atoms with van der Waals surface area (Å²) in [7, 11) is 1.84. The first-order chi connectivity index (χ1) is 10.1. The van der Waals surface area contributed by atoms with E-state index in [4.69, 9.17) is 17.3 Å². The number of hydrogen-bond acceptors (Lipinski definition) is 3. The van der Waals surface area contributed by atoms with Crippen molar-refractivity contribution in [3.8, 4) is 11.4 Å². The van der Waals surface area contributed by atoms with Gasteiger partial charge in [-0.3, -0.25) is 4.68 Å². The first kappa shape index (κ1) is 13.7. The Morgan fingerprint density at radius 3 is 2.81 bits per heavy atom. The van der Waals surface area contributed by atoms with E-state index in [1.165, 1.54) is 0 Å². The van der Waals surface area contributed by atoms with Crippen LogP contribution in [-0.2, 0) is 13.6 Å². The lowest BCUT2D eigenvalue weighted by Crippen LogP contribution is -2.02. The van der Waals surface area contributed by atoms with Crippen molar-refractivity contribution in [1.29, 1.82) is 0 Å². The van der Waals surface area contributed by atoms with E-state index < -0.39 is 0 Å². The number of anilines is 1. The second-order valence-corrected chi connectivity index (χ2v) is 5.34. The zero-order valence-electron chi connectivity index (χ0n) is 11.9. The third kappa shape index (κ3) is 2.52. The van der Waals surface area contributed by atoms with Gasteiger partial charge < -0.3 is 10.3 Å². The van der Waals surface area contributed by atoms with Gasteiger partial charge in [0.15, 0.2) is 0 Å². The fourth-order valence-electron chi connectivity index (χ4n) is 2.40. The molecule has 5 nitrogen and oxygen atoms in total. The van der Waals surface area contributed by atoms with Crippen molar-refractivity contribution >= 4 is 17.3 Å². The van der Waals surface area contributed by atoms with E-state index in [1.54, 1.807) is 10.9 Å². The largest absolute Gasteiger partial charge is 0.399 e. The number of nitrogen functional groups attached to an aromatic ring is 1. The highest BCUT2D eigenvalue weighted by molar-refractivity contribution is 6.30. The molecule has 2 heterocycles. The van der Waals surface area contributed by atoms with Crippen molar-refractivity contribution in [2.24, 2.45) is 7.05 Å². The highest BCUT2D eigenvalue weighted by atomic mass is 35.5. The van der Waals surface area contributed by atoms with Gasteiger partial charge in [-0.15, -0.1) is 0 Å². The standard InChI is InChI=1S/C15H16ClN5/c1-10-13(14(16)20(2)19-10)9-21-7-6-18-15(21)11-4-3-5-12(17)8-11/h3-8H,9,17H2,1-2H3. The topological polar surface area (TPSA) is 61.7 Å². The van der Waals surface area contributed by atoms with E-state index in [2.05, 4.69) is 10.1 Å². The minimum Gasteiger partial charge on any atom is -0.399 e. The van der Waals surface area contributed by atoms with E-state index in [0.29, 0.717) is 11.7 Å². The highest BCUT2D eigenvalue weighted by Crippen LogP contribution is 2.24. The Hall–Kier alpha value is -2.27. The molecule has 0 spiro atoms. The molecule has 0 unspecified atom stereocenters. The van der Waals surface area contributed by atoms with Gasteiger partial charge in [0.2, 0.25) is 0 Å². The number of aromatic nitrogens is 4. The van der Waals surface area contributed by atoms with Crippen LogP contribution in [0.5, 0.6) is 0 Å². The summed E-state index contributed by atoms with van der Waals surface area (Å²) in [5.41, 5.74) is 9.48. The van der Waals surface area contributed by atoms with Crippen molar-refractivity contribution in [2.45, 2.75) is 13.5 Å². The minimum absolute atomic E-state index is 0.628. The predicted molar refractivity (Wildman–Crippen MR) is 84.1 cm³/mol. The lowest BCUT2D eigenvalue weighted by molar-refractivity contribution is 0.756. The molecule has 0 aliphatic heterocycles. The van der Waals surface area contributed by atoms with E-state index in [0.717, 1.165) is 28.3 Å². The summed E-state index contributed by atoms with van der Waals surface area (Å²) in [5.74, 6) is 0.863. The Morgan fingerprint density at radius 2 is 2.14 bits per heavy atom. The van der Waals surface area contributed by atoms with Crippen LogP contribution in [-0.4, -0.2) is 19.3 Å². The summed E-state index contributed by atoms with van der Waals surface area (Å²) >= 11 is 6.30. The average Bonchev–Trinajstić information content (AvgIpc) is 3.00. The second-order valence-electron chi connectivity index (χ2n) is 4.98. The van der Waals surface area contributed by atoms with Gasteiger partial charge in [-0.2, -0.15) is 5.10 Å². The van der Waals surface area contributed by atoms with Gasteiger partial charge >= 0.3 is 0 Å². The number of hydrogen-bond donors (Lipinski definition) is 1. The number of halogens is 1. The van der Waals surface area contributed by atoms with Crippen LogP contribution in [0.1, 0.15) is 11.3 Å². The van der Waals surface area contributed by atoms with Gasteiger partial charge in [-0.25, -0.2) is 4.98 Å². The maximum Gasteiger partial charge on any atom is 0.140 e. The Bertz CT molecular complexity index is 787. The van der Waals surface area contributed by atoms with Gasteiger partial charge in [0.1, 0.15) is 11.0 Å². The van der Waals surface area contributed by atoms with Crippen LogP contribution >= 0.6 is 11.6 Å². The molecule has 2 N–H and O–H groups in total. The zero-order chi connectivity index (χ0) is 15.0. The number of benzene rings is 1. The molecule has 0 saturated heterocycles. The van der Waals surface area contributed by atoms with E-state index in [9.17, 15) is 0 Å². The zero-order valence-corrected chi connectivity index (χ0v) is 12.7. The van der Waals surface area contributed by atoms with Crippen molar-refractivity contribution in [3.05, 3.63) is 53.1 Å². The van der Waals surface area contributed by atoms with Crippen molar-refractivity contribution in [3.63, 3.8) is 0 Å². The summed E-state index contributed by atoms with van der Waals surface area (Å²) in [6, 6.07) is 7.69. The quantitative estimate of drug-likeness (QED) is 0.757. The molecule has 0 bridgehead atoms. The molecular formula is C15H16ClN5. The van der Waals surface area contributed by atoms with Crippen LogP contribution in [0.3, 0.4) is 0 Å². The summed E-state index contributed by atoms with van der Waals surface area (Å²) < 4.78 is 3.73. The van der Waals surface area contributed by atoms with Crippen LogP contribution in [0.15, 0.2) is 36.7 Å². The van der Waals surface area contributed by atoms with Gasteiger partial charge in [0, 0.05) is 36.3 Å². The smallest absolute Gasteiger partial charge is 0.140 e. The number of aryl methyl sites for hydroxylation is 2. The number of imidazole rings is 1. The summed E-state index contributed by atoms with van der Waals surface area (Å²) in [6.45, 7) is 2.58. The third-order valence-electron chi connectivity index (χ3n) is 3.46. The molecule has 0 atom stereocenters. The van der Waals surface area contributed by atoms with Crippen LogP contribution in [0.2, 0.25) is 5.15 Å². The fourth-order valence-corrected chi connectivity index (χ4v) is 2.63. The summed E-state index contributed by atoms with van der Waals surface area (Å²) in [4.78, 5) is 4.43. The van der Waals surface area contributed by atoms with Gasteiger partial charge in [0.25, 0.3) is 0 Å². The molecule has 0 aliphatic rings. The highest BCUT2D eigenvalue weighted by Gasteiger charge is 2.14. The molecular weight excluding hydrogens is 286 g/mol. The van der Waals surface area contributed by atoms with Crippen LogP contribution in [0, 0.1) is 6.92 Å².